The maximum atomic E-state index is 12.8. The number of hydrogen-bond donors (Lipinski definition) is 0. The van der Waals surface area contributed by atoms with Crippen LogP contribution in [-0.4, -0.2) is 18.4 Å². The first-order valence-corrected chi connectivity index (χ1v) is 7.56. The van der Waals surface area contributed by atoms with Crippen molar-refractivity contribution >= 4 is 10.8 Å². The van der Waals surface area contributed by atoms with Crippen LogP contribution >= 0.6 is 0 Å². The molecule has 0 aromatic heterocycles. The number of rotatable bonds is 5. The summed E-state index contributed by atoms with van der Waals surface area (Å²) in [6.45, 7) is 1.93. The normalized spacial score (nSPS) is 13.6. The van der Waals surface area contributed by atoms with E-state index in [1.165, 1.54) is 0 Å². The van der Waals surface area contributed by atoms with E-state index in [2.05, 4.69) is 0 Å². The molecule has 2 aromatic rings. The van der Waals surface area contributed by atoms with Crippen LogP contribution < -0.4 is 9.47 Å². The van der Waals surface area contributed by atoms with Gasteiger partial charge in [0.05, 0.1) is 35.2 Å². The van der Waals surface area contributed by atoms with Gasteiger partial charge in [-0.1, -0.05) is 30.3 Å². The van der Waals surface area contributed by atoms with Gasteiger partial charge in [-0.2, -0.15) is 0 Å². The molecular weight excluding hydrogens is 272 g/mol. The van der Waals surface area contributed by atoms with Gasteiger partial charge in [-0.15, -0.1) is 0 Å². The Morgan fingerprint density at radius 1 is 0.900 bits per heavy atom. The molecule has 0 saturated carbocycles. The predicted molar refractivity (Wildman–Crippen MR) is 80.8 cm³/mol. The molecule has 4 heteroatoms. The van der Waals surface area contributed by atoms with Crippen LogP contribution in [0, 0.1) is 0 Å². The highest BCUT2D eigenvalue weighted by molar-refractivity contribution is 7.85. The maximum absolute atomic E-state index is 12.8. The number of para-hydroxylation sites is 2. The smallest absolute Gasteiger partial charge is 0.134 e. The van der Waals surface area contributed by atoms with Gasteiger partial charge in [-0.05, 0) is 25.1 Å². The zero-order valence-electron chi connectivity index (χ0n) is 11.8. The Balaban J connectivity index is 2.38. The van der Waals surface area contributed by atoms with Crippen molar-refractivity contribution in [2.75, 3.05) is 14.2 Å². The highest BCUT2D eigenvalue weighted by atomic mass is 32.2. The van der Waals surface area contributed by atoms with E-state index >= 15 is 0 Å². The number of hydrogen-bond acceptors (Lipinski definition) is 3. The first-order chi connectivity index (χ1) is 9.69. The second kappa shape index (κ2) is 6.57. The van der Waals surface area contributed by atoms with E-state index in [1.807, 2.05) is 55.5 Å². The quantitative estimate of drug-likeness (QED) is 0.844. The van der Waals surface area contributed by atoms with Crippen molar-refractivity contribution in [1.29, 1.82) is 0 Å². The molecule has 0 fully saturated rings. The molecule has 0 N–H and O–H groups in total. The lowest BCUT2D eigenvalue weighted by atomic mass is 10.1. The molecule has 0 aliphatic heterocycles. The van der Waals surface area contributed by atoms with Crippen LogP contribution in [0.2, 0.25) is 0 Å². The van der Waals surface area contributed by atoms with Crippen molar-refractivity contribution in [2.24, 2.45) is 0 Å². The van der Waals surface area contributed by atoms with Gasteiger partial charge < -0.3 is 9.47 Å². The third kappa shape index (κ3) is 2.85. The van der Waals surface area contributed by atoms with Crippen LogP contribution in [0.15, 0.2) is 53.4 Å². The number of benzene rings is 2. The third-order valence-electron chi connectivity index (χ3n) is 3.18. The van der Waals surface area contributed by atoms with E-state index in [0.29, 0.717) is 10.6 Å². The van der Waals surface area contributed by atoms with Crippen molar-refractivity contribution in [1.82, 2.24) is 0 Å². The first kappa shape index (κ1) is 14.6. The van der Waals surface area contributed by atoms with Crippen molar-refractivity contribution < 1.29 is 13.7 Å². The van der Waals surface area contributed by atoms with Crippen LogP contribution in [0.3, 0.4) is 0 Å². The highest BCUT2D eigenvalue weighted by Gasteiger charge is 2.21. The maximum Gasteiger partial charge on any atom is 0.134 e. The zero-order chi connectivity index (χ0) is 14.5. The molecule has 3 nitrogen and oxygen atoms in total. The SMILES string of the molecule is COc1ccccc1[C@H](C)[S@@](=O)c1ccccc1OC. The standard InChI is InChI=1S/C16H18O3S/c1-12(13-8-4-5-9-14(13)18-2)20(17)16-11-7-6-10-15(16)19-3/h4-12H,1-3H3/t12-,20+/m0/s1. The van der Waals surface area contributed by atoms with E-state index in [1.54, 1.807) is 14.2 Å². The Morgan fingerprint density at radius 2 is 1.45 bits per heavy atom. The van der Waals surface area contributed by atoms with E-state index in [4.69, 9.17) is 9.47 Å². The summed E-state index contributed by atoms with van der Waals surface area (Å²) in [5.41, 5.74) is 0.930. The molecule has 0 aliphatic carbocycles. The second-order valence-electron chi connectivity index (χ2n) is 4.33. The average molecular weight is 290 g/mol. The fourth-order valence-electron chi connectivity index (χ4n) is 2.09. The van der Waals surface area contributed by atoms with Gasteiger partial charge in [0.2, 0.25) is 0 Å². The van der Waals surface area contributed by atoms with Crippen molar-refractivity contribution in [2.45, 2.75) is 17.1 Å². The Kier molecular flexibility index (Phi) is 4.79. The topological polar surface area (TPSA) is 35.5 Å². The second-order valence-corrected chi connectivity index (χ2v) is 6.07. The minimum atomic E-state index is -1.21. The van der Waals surface area contributed by atoms with Crippen LogP contribution in [0.1, 0.15) is 17.7 Å². The lowest BCUT2D eigenvalue weighted by molar-refractivity contribution is 0.403. The summed E-state index contributed by atoms with van der Waals surface area (Å²) in [6, 6.07) is 15.0. The lowest BCUT2D eigenvalue weighted by Crippen LogP contribution is -2.06. The number of methoxy groups -OCH3 is 2. The van der Waals surface area contributed by atoms with Crippen molar-refractivity contribution in [3.05, 3.63) is 54.1 Å². The Bertz CT molecular complexity index is 610. The van der Waals surface area contributed by atoms with E-state index < -0.39 is 10.8 Å². The number of ether oxygens (including phenoxy) is 2. The monoisotopic (exact) mass is 290 g/mol. The van der Waals surface area contributed by atoms with Gasteiger partial charge in [0.15, 0.2) is 0 Å². The van der Waals surface area contributed by atoms with Crippen LogP contribution in [-0.2, 0) is 10.8 Å². The molecule has 0 radical (unpaired) electrons. The zero-order valence-corrected chi connectivity index (χ0v) is 12.6. The molecule has 0 unspecified atom stereocenters. The summed E-state index contributed by atoms with van der Waals surface area (Å²) < 4.78 is 23.4. The fraction of sp³-hybridized carbons (Fsp3) is 0.250. The highest BCUT2D eigenvalue weighted by Crippen LogP contribution is 2.34. The molecule has 2 rings (SSSR count). The van der Waals surface area contributed by atoms with Gasteiger partial charge in [0, 0.05) is 5.56 Å². The molecule has 0 amide bonds. The van der Waals surface area contributed by atoms with Gasteiger partial charge in [-0.25, -0.2) is 0 Å². The molecule has 0 spiro atoms. The van der Waals surface area contributed by atoms with Gasteiger partial charge in [0.25, 0.3) is 0 Å². The van der Waals surface area contributed by atoms with Gasteiger partial charge >= 0.3 is 0 Å². The molecule has 106 valence electrons. The molecule has 0 aliphatic rings. The molecule has 2 aromatic carbocycles. The van der Waals surface area contributed by atoms with Crippen molar-refractivity contribution in [3.63, 3.8) is 0 Å². The van der Waals surface area contributed by atoms with Crippen molar-refractivity contribution in [3.8, 4) is 11.5 Å². The summed E-state index contributed by atoms with van der Waals surface area (Å²) in [7, 11) is 2.00. The van der Waals surface area contributed by atoms with Gasteiger partial charge in [-0.3, -0.25) is 4.21 Å². The van der Waals surface area contributed by atoms with E-state index in [0.717, 1.165) is 11.3 Å². The van der Waals surface area contributed by atoms with Crippen LogP contribution in [0.4, 0.5) is 0 Å². The van der Waals surface area contributed by atoms with Crippen LogP contribution in [0.25, 0.3) is 0 Å². The largest absolute Gasteiger partial charge is 0.496 e. The minimum Gasteiger partial charge on any atom is -0.496 e. The van der Waals surface area contributed by atoms with E-state index in [9.17, 15) is 4.21 Å². The Morgan fingerprint density at radius 3 is 2.10 bits per heavy atom. The predicted octanol–water partition coefficient (Wildman–Crippen LogP) is 3.57. The van der Waals surface area contributed by atoms with E-state index in [-0.39, 0.29) is 5.25 Å². The minimum absolute atomic E-state index is 0.178. The molecule has 20 heavy (non-hydrogen) atoms. The van der Waals surface area contributed by atoms with Crippen LogP contribution in [0.5, 0.6) is 11.5 Å². The average Bonchev–Trinajstić information content (AvgIpc) is 2.53. The molecule has 2 atom stereocenters. The molecule has 0 heterocycles. The first-order valence-electron chi connectivity index (χ1n) is 6.35. The fourth-order valence-corrected chi connectivity index (χ4v) is 3.46. The summed E-state index contributed by atoms with van der Waals surface area (Å²) in [5.74, 6) is 1.40. The van der Waals surface area contributed by atoms with Gasteiger partial charge in [0.1, 0.15) is 11.5 Å². The summed E-state index contributed by atoms with van der Waals surface area (Å²) >= 11 is 0. The molecule has 0 saturated heterocycles. The Labute approximate surface area is 122 Å². The molecule has 0 bridgehead atoms. The Hall–Kier alpha value is -1.81. The molecular formula is C16H18O3S. The summed E-state index contributed by atoms with van der Waals surface area (Å²) in [4.78, 5) is 0.702. The summed E-state index contributed by atoms with van der Waals surface area (Å²) in [5, 5.41) is -0.178. The summed E-state index contributed by atoms with van der Waals surface area (Å²) in [6.07, 6.45) is 0. The third-order valence-corrected chi connectivity index (χ3v) is 4.85. The lowest BCUT2D eigenvalue weighted by Gasteiger charge is -2.16.